The molecule has 268 valence electrons. The quantitative estimate of drug-likeness (QED) is 0.108. The van der Waals surface area contributed by atoms with E-state index in [1.54, 1.807) is 32.9 Å². The summed E-state index contributed by atoms with van der Waals surface area (Å²) in [6, 6.07) is 8.89. The first-order chi connectivity index (χ1) is 23.9. The monoisotopic (exact) mass is 692 g/mol. The molecular formula is C33H44N10O7. The van der Waals surface area contributed by atoms with Crippen molar-refractivity contribution in [2.24, 2.45) is 10.8 Å². The number of hydrogen-bond acceptors (Lipinski definition) is 11. The van der Waals surface area contributed by atoms with Gasteiger partial charge in [0.2, 0.25) is 11.8 Å². The molecule has 4 rings (SSSR count). The van der Waals surface area contributed by atoms with Gasteiger partial charge in [-0.25, -0.2) is 14.9 Å². The average Bonchev–Trinajstić information content (AvgIpc) is 3.51. The normalized spacial score (nSPS) is 16.1. The molecular weight excluding hydrogens is 648 g/mol. The number of nitrogens with one attached hydrogen (secondary N) is 3. The van der Waals surface area contributed by atoms with Gasteiger partial charge in [0.1, 0.15) is 24.4 Å². The summed E-state index contributed by atoms with van der Waals surface area (Å²) in [7, 11) is 1.50. The molecule has 0 bridgehead atoms. The lowest BCUT2D eigenvalue weighted by Crippen LogP contribution is -2.58. The van der Waals surface area contributed by atoms with Gasteiger partial charge < -0.3 is 30.7 Å². The van der Waals surface area contributed by atoms with E-state index in [1.807, 2.05) is 35.8 Å². The lowest BCUT2D eigenvalue weighted by atomic mass is 9.98. The number of likely N-dealkylation sites (tertiary alicyclic amines) is 1. The summed E-state index contributed by atoms with van der Waals surface area (Å²) in [5.74, 6) is -1.62. The van der Waals surface area contributed by atoms with E-state index in [-0.39, 0.29) is 32.5 Å². The zero-order chi connectivity index (χ0) is 36.3. The number of amides is 5. The minimum Gasteiger partial charge on any atom is -0.460 e. The number of carbonyl (C=O) groups is 5. The van der Waals surface area contributed by atoms with Crippen LogP contribution in [-0.2, 0) is 37.0 Å². The van der Waals surface area contributed by atoms with E-state index in [0.29, 0.717) is 30.7 Å². The van der Waals surface area contributed by atoms with Crippen molar-refractivity contribution in [1.29, 1.82) is 0 Å². The van der Waals surface area contributed by atoms with E-state index in [0.717, 1.165) is 10.8 Å². The maximum Gasteiger partial charge on any atom is 0.332 e. The third kappa shape index (κ3) is 10.5. The van der Waals surface area contributed by atoms with Crippen molar-refractivity contribution in [3.05, 3.63) is 53.9 Å². The summed E-state index contributed by atoms with van der Waals surface area (Å²) < 4.78 is 12.0. The van der Waals surface area contributed by atoms with E-state index in [4.69, 9.17) is 15.2 Å². The molecule has 0 aliphatic carbocycles. The van der Waals surface area contributed by atoms with Crippen LogP contribution in [-0.4, -0.2) is 98.4 Å². The first kappa shape index (κ1) is 37.4. The predicted octanol–water partition coefficient (Wildman–Crippen LogP) is 1.41. The summed E-state index contributed by atoms with van der Waals surface area (Å²) in [4.78, 5) is 67.2. The lowest BCUT2D eigenvalue weighted by molar-refractivity contribution is -0.155. The number of methoxy groups -OCH3 is 1. The number of piperidine rings is 1. The highest BCUT2D eigenvalue weighted by atomic mass is 16.6. The van der Waals surface area contributed by atoms with Gasteiger partial charge in [-0.1, -0.05) is 36.4 Å². The maximum atomic E-state index is 14.4. The molecule has 2 heterocycles. The molecule has 5 amide bonds. The van der Waals surface area contributed by atoms with Gasteiger partial charge in [0.05, 0.1) is 12.5 Å². The van der Waals surface area contributed by atoms with Crippen LogP contribution in [0.5, 0.6) is 0 Å². The molecule has 1 aliphatic heterocycles. The van der Waals surface area contributed by atoms with Crippen molar-refractivity contribution in [1.82, 2.24) is 41.2 Å². The summed E-state index contributed by atoms with van der Waals surface area (Å²) in [5, 5.41) is 22.7. The van der Waals surface area contributed by atoms with Crippen molar-refractivity contribution in [3.8, 4) is 0 Å². The highest BCUT2D eigenvalue weighted by molar-refractivity contribution is 6.08. The number of nitrogens with two attached hydrogens (primary N) is 1. The second-order valence-electron chi connectivity index (χ2n) is 12.8. The van der Waals surface area contributed by atoms with Crippen LogP contribution < -0.4 is 21.8 Å². The Kier molecular flexibility index (Phi) is 12.9. The SMILES string of the molecule is COCn1nnnc1CC[C@H](NC(=O)c1cccc2ccccc12)C(=O)N1CCCC[C@H]1C(=O)N[C@H](/C=N/NC(N)=O)CC(=O)OC(C)(C)C. The number of primary amides is 1. The molecule has 1 aromatic heterocycles. The number of nitrogens with zero attached hydrogens (tertiary/aromatic N) is 6. The zero-order valence-electron chi connectivity index (χ0n) is 28.6. The molecule has 0 unspecified atom stereocenters. The van der Waals surface area contributed by atoms with Crippen LogP contribution in [0, 0.1) is 0 Å². The number of esters is 1. The number of benzene rings is 2. The van der Waals surface area contributed by atoms with Crippen LogP contribution in [0.3, 0.4) is 0 Å². The molecule has 3 aromatic rings. The molecule has 17 nitrogen and oxygen atoms in total. The van der Waals surface area contributed by atoms with Gasteiger partial charge in [-0.15, -0.1) is 5.10 Å². The van der Waals surface area contributed by atoms with E-state index in [2.05, 4.69) is 31.3 Å². The number of fused-ring (bicyclic) bond motifs is 1. The Bertz CT molecular complexity index is 1700. The van der Waals surface area contributed by atoms with E-state index in [1.165, 1.54) is 22.9 Å². The largest absolute Gasteiger partial charge is 0.460 e. The lowest BCUT2D eigenvalue weighted by Gasteiger charge is -2.37. The number of aromatic nitrogens is 4. The molecule has 5 N–H and O–H groups in total. The highest BCUT2D eigenvalue weighted by Gasteiger charge is 2.37. The molecule has 1 saturated heterocycles. The van der Waals surface area contributed by atoms with Gasteiger partial charge in [0.15, 0.2) is 5.82 Å². The van der Waals surface area contributed by atoms with Crippen LogP contribution >= 0.6 is 0 Å². The van der Waals surface area contributed by atoms with Crippen molar-refractivity contribution in [2.45, 2.75) is 89.8 Å². The molecule has 0 radical (unpaired) electrons. The summed E-state index contributed by atoms with van der Waals surface area (Å²) in [6.45, 7) is 5.48. The Morgan fingerprint density at radius 3 is 2.58 bits per heavy atom. The zero-order valence-corrected chi connectivity index (χ0v) is 28.6. The smallest absolute Gasteiger partial charge is 0.332 e. The van der Waals surface area contributed by atoms with Crippen LogP contribution in [0.4, 0.5) is 4.79 Å². The number of carbonyl (C=O) groups excluding carboxylic acids is 5. The van der Waals surface area contributed by atoms with Gasteiger partial charge in [-0.2, -0.15) is 5.10 Å². The second-order valence-corrected chi connectivity index (χ2v) is 12.8. The Labute approximate surface area is 289 Å². The van der Waals surface area contributed by atoms with Crippen LogP contribution in [0.1, 0.15) is 69.1 Å². The molecule has 17 heteroatoms. The topological polar surface area (TPSA) is 225 Å². The average molecular weight is 693 g/mol. The maximum absolute atomic E-state index is 14.4. The van der Waals surface area contributed by atoms with Gasteiger partial charge in [0.25, 0.3) is 5.91 Å². The molecule has 0 saturated carbocycles. The first-order valence-corrected chi connectivity index (χ1v) is 16.3. The summed E-state index contributed by atoms with van der Waals surface area (Å²) in [6.07, 6.45) is 2.84. The van der Waals surface area contributed by atoms with Gasteiger partial charge in [0, 0.05) is 31.9 Å². The van der Waals surface area contributed by atoms with Gasteiger partial charge in [-0.05, 0) is 73.7 Å². The first-order valence-electron chi connectivity index (χ1n) is 16.3. The Morgan fingerprint density at radius 2 is 1.84 bits per heavy atom. The number of tetrazole rings is 1. The highest BCUT2D eigenvalue weighted by Crippen LogP contribution is 2.22. The number of hydrogen-bond donors (Lipinski definition) is 4. The number of hydrazone groups is 1. The molecule has 3 atom stereocenters. The Morgan fingerprint density at radius 1 is 1.08 bits per heavy atom. The van der Waals surface area contributed by atoms with Crippen molar-refractivity contribution < 1.29 is 33.4 Å². The van der Waals surface area contributed by atoms with E-state index >= 15 is 0 Å². The van der Waals surface area contributed by atoms with Crippen molar-refractivity contribution in [2.75, 3.05) is 13.7 Å². The van der Waals surface area contributed by atoms with Crippen LogP contribution in [0.25, 0.3) is 10.8 Å². The summed E-state index contributed by atoms with van der Waals surface area (Å²) >= 11 is 0. The minimum absolute atomic E-state index is 0.0976. The Hall–Kier alpha value is -5.45. The molecule has 1 aliphatic rings. The standard InChI is InChI=1S/C33H44N10O7/c1-33(2,3)50-28(44)18-22(19-35-39-32(34)48)36-30(46)26-14-7-8-17-42(26)31(47)25(15-16-27-38-40-41-43(27)20-49-4)37-29(45)24-13-9-11-21-10-5-6-12-23(21)24/h5-6,9-13,19,22,25-26H,7-8,14-18,20H2,1-4H3,(H,36,46)(H,37,45)(H3,34,39,48)/b35-19+/t22-,25-,26-/m0/s1. The molecule has 2 aromatic carbocycles. The predicted molar refractivity (Wildman–Crippen MR) is 181 cm³/mol. The fourth-order valence-corrected chi connectivity index (χ4v) is 5.66. The second kappa shape index (κ2) is 17.3. The minimum atomic E-state index is -1.05. The fourth-order valence-electron chi connectivity index (χ4n) is 5.66. The van der Waals surface area contributed by atoms with Gasteiger partial charge in [-0.3, -0.25) is 19.2 Å². The number of rotatable bonds is 14. The van der Waals surface area contributed by atoms with Crippen molar-refractivity contribution in [3.63, 3.8) is 0 Å². The third-order valence-corrected chi connectivity index (χ3v) is 7.80. The van der Waals surface area contributed by atoms with E-state index < -0.39 is 53.4 Å². The van der Waals surface area contributed by atoms with Crippen LogP contribution in [0.15, 0.2) is 47.6 Å². The molecule has 50 heavy (non-hydrogen) atoms. The summed E-state index contributed by atoms with van der Waals surface area (Å²) in [5.41, 5.74) is 6.77. The number of ether oxygens (including phenoxy) is 2. The molecule has 0 spiro atoms. The van der Waals surface area contributed by atoms with Crippen molar-refractivity contribution >= 4 is 46.7 Å². The molecule has 1 fully saturated rings. The Balaban J connectivity index is 1.58. The van der Waals surface area contributed by atoms with E-state index in [9.17, 15) is 24.0 Å². The van der Waals surface area contributed by atoms with Crippen LogP contribution in [0.2, 0.25) is 0 Å². The fraction of sp³-hybridized carbons (Fsp3) is 0.485. The number of urea groups is 1. The third-order valence-electron chi connectivity index (χ3n) is 7.80. The van der Waals surface area contributed by atoms with Gasteiger partial charge >= 0.3 is 12.0 Å². The number of aryl methyl sites for hydroxylation is 1.